The van der Waals surface area contributed by atoms with Crippen LogP contribution in [0.2, 0.25) is 0 Å². The third-order valence-corrected chi connectivity index (χ3v) is 2.97. The highest BCUT2D eigenvalue weighted by Gasteiger charge is 2.16. The summed E-state index contributed by atoms with van der Waals surface area (Å²) in [6, 6.07) is 8.09. The topological polar surface area (TPSA) is 106 Å². The zero-order valence-corrected chi connectivity index (χ0v) is 16.5. The number of hydrogen-bond donors (Lipinski definition) is 1. The number of ether oxygens (including phenoxy) is 2. The molecule has 0 aliphatic heterocycles. The highest BCUT2D eigenvalue weighted by Crippen LogP contribution is 2.23. The van der Waals surface area contributed by atoms with Gasteiger partial charge in [-0.25, -0.2) is 14.8 Å². The van der Waals surface area contributed by atoms with Gasteiger partial charge in [-0.05, 0) is 32.9 Å². The largest absolute Gasteiger partial charge is 0.444 e. The number of nitrogens with one attached hydrogen (secondary N) is 1. The van der Waals surface area contributed by atoms with E-state index in [1.807, 2.05) is 0 Å². The smallest absolute Gasteiger partial charge is 0.412 e. The molecule has 1 heterocycles. The molecule has 9 nitrogen and oxygen atoms in total. The second-order valence-electron chi connectivity index (χ2n) is 7.01. The van der Waals surface area contributed by atoms with Crippen molar-refractivity contribution in [2.24, 2.45) is 4.99 Å². The average molecular weight is 385 g/mol. The molecule has 0 bridgehead atoms. The fourth-order valence-electron chi connectivity index (χ4n) is 1.93. The van der Waals surface area contributed by atoms with Gasteiger partial charge in [-0.3, -0.25) is 10.1 Å². The Hall–Kier alpha value is -3.49. The lowest BCUT2D eigenvalue weighted by Gasteiger charge is -2.19. The van der Waals surface area contributed by atoms with Gasteiger partial charge < -0.3 is 14.4 Å². The minimum Gasteiger partial charge on any atom is -0.444 e. The molecule has 1 N–H and O–H groups in total. The molecule has 9 heteroatoms. The van der Waals surface area contributed by atoms with E-state index in [1.165, 1.54) is 18.7 Å². The predicted octanol–water partition coefficient (Wildman–Crippen LogP) is 3.35. The molecule has 0 saturated heterocycles. The minimum absolute atomic E-state index is 0.103. The number of amides is 2. The molecule has 0 aliphatic carbocycles. The van der Waals surface area contributed by atoms with E-state index in [1.54, 1.807) is 64.0 Å². The van der Waals surface area contributed by atoms with Crippen LogP contribution in [-0.4, -0.2) is 52.9 Å². The molecule has 28 heavy (non-hydrogen) atoms. The maximum Gasteiger partial charge on any atom is 0.412 e. The van der Waals surface area contributed by atoms with Gasteiger partial charge in [-0.1, -0.05) is 6.07 Å². The van der Waals surface area contributed by atoms with E-state index in [9.17, 15) is 9.59 Å². The molecule has 2 amide bonds. The molecule has 0 spiro atoms. The molecule has 0 radical (unpaired) electrons. The van der Waals surface area contributed by atoms with Crippen molar-refractivity contribution in [2.45, 2.75) is 26.4 Å². The summed E-state index contributed by atoms with van der Waals surface area (Å²) in [5, 5.41) is 2.63. The van der Waals surface area contributed by atoms with E-state index in [-0.39, 0.29) is 11.6 Å². The van der Waals surface area contributed by atoms with Crippen molar-refractivity contribution >= 4 is 24.0 Å². The third-order valence-electron chi connectivity index (χ3n) is 2.97. The van der Waals surface area contributed by atoms with Gasteiger partial charge >= 0.3 is 6.09 Å². The van der Waals surface area contributed by atoms with Gasteiger partial charge in [0.25, 0.3) is 5.91 Å². The van der Waals surface area contributed by atoms with Gasteiger partial charge in [-0.15, -0.1) is 0 Å². The number of carbonyl (C=O) groups excluding carboxylic acids is 2. The van der Waals surface area contributed by atoms with Crippen LogP contribution in [-0.2, 0) is 4.74 Å². The second kappa shape index (κ2) is 8.94. The standard InChI is InChI=1S/C19H23N5O4/c1-19(2,3)28-18(26)23-13-7-6-8-14(9-13)27-16-10-15(20-11-21-16)17(25)22-12-24(4)5/h6-12H,1-5H3,(H,23,26). The summed E-state index contributed by atoms with van der Waals surface area (Å²) in [4.78, 5) is 37.2. The Kier molecular flexibility index (Phi) is 6.64. The van der Waals surface area contributed by atoms with E-state index >= 15 is 0 Å². The van der Waals surface area contributed by atoms with Crippen molar-refractivity contribution in [3.63, 3.8) is 0 Å². The maximum absolute atomic E-state index is 12.0. The summed E-state index contributed by atoms with van der Waals surface area (Å²) in [7, 11) is 3.51. The molecular weight excluding hydrogens is 362 g/mol. The van der Waals surface area contributed by atoms with Gasteiger partial charge in [0.15, 0.2) is 0 Å². The van der Waals surface area contributed by atoms with Crippen LogP contribution in [0.4, 0.5) is 10.5 Å². The third kappa shape index (κ3) is 7.02. The van der Waals surface area contributed by atoms with Crippen molar-refractivity contribution < 1.29 is 19.1 Å². The van der Waals surface area contributed by atoms with Crippen molar-refractivity contribution in [3.05, 3.63) is 42.4 Å². The van der Waals surface area contributed by atoms with Crippen LogP contribution in [0.25, 0.3) is 0 Å². The number of anilines is 1. The van der Waals surface area contributed by atoms with Gasteiger partial charge in [0.1, 0.15) is 23.4 Å². The Morgan fingerprint density at radius 2 is 1.93 bits per heavy atom. The molecule has 2 rings (SSSR count). The van der Waals surface area contributed by atoms with Crippen LogP contribution in [0.5, 0.6) is 11.6 Å². The van der Waals surface area contributed by atoms with Crippen molar-refractivity contribution in [2.75, 3.05) is 19.4 Å². The highest BCUT2D eigenvalue weighted by atomic mass is 16.6. The van der Waals surface area contributed by atoms with Gasteiger partial charge in [0.2, 0.25) is 5.88 Å². The SMILES string of the molecule is CN(C)C=NC(=O)c1cc(Oc2cccc(NC(=O)OC(C)(C)C)c2)ncn1. The van der Waals surface area contributed by atoms with Crippen molar-refractivity contribution in [3.8, 4) is 11.6 Å². The maximum atomic E-state index is 12.0. The van der Waals surface area contributed by atoms with E-state index in [4.69, 9.17) is 9.47 Å². The fraction of sp³-hybridized carbons (Fsp3) is 0.316. The van der Waals surface area contributed by atoms with Gasteiger partial charge in [0.05, 0.1) is 6.34 Å². The quantitative estimate of drug-likeness (QED) is 0.621. The number of aliphatic imine (C=N–C) groups is 1. The van der Waals surface area contributed by atoms with Crippen LogP contribution < -0.4 is 10.1 Å². The fourth-order valence-corrected chi connectivity index (χ4v) is 1.93. The van der Waals surface area contributed by atoms with Crippen molar-refractivity contribution in [1.82, 2.24) is 14.9 Å². The van der Waals surface area contributed by atoms with E-state index < -0.39 is 17.6 Å². The molecule has 0 atom stereocenters. The van der Waals surface area contributed by atoms with E-state index in [0.29, 0.717) is 11.4 Å². The predicted molar refractivity (Wildman–Crippen MR) is 105 cm³/mol. The Morgan fingerprint density at radius 1 is 1.18 bits per heavy atom. The highest BCUT2D eigenvalue weighted by molar-refractivity contribution is 5.97. The first-order valence-electron chi connectivity index (χ1n) is 8.47. The number of aromatic nitrogens is 2. The minimum atomic E-state index is -0.600. The Labute approximate surface area is 163 Å². The second-order valence-corrected chi connectivity index (χ2v) is 7.01. The molecular formula is C19H23N5O4. The van der Waals surface area contributed by atoms with Gasteiger partial charge in [0, 0.05) is 31.9 Å². The Bertz CT molecular complexity index is 875. The molecule has 0 unspecified atom stereocenters. The molecule has 1 aromatic carbocycles. The first-order chi connectivity index (χ1) is 13.1. The summed E-state index contributed by atoms with van der Waals surface area (Å²) in [6.07, 6.45) is 2.03. The Morgan fingerprint density at radius 3 is 2.61 bits per heavy atom. The summed E-state index contributed by atoms with van der Waals surface area (Å²) in [6.45, 7) is 5.34. The lowest BCUT2D eigenvalue weighted by molar-refractivity contribution is 0.0635. The van der Waals surface area contributed by atoms with Crippen LogP contribution in [0.1, 0.15) is 31.3 Å². The molecule has 0 saturated carbocycles. The van der Waals surface area contributed by atoms with Gasteiger partial charge in [-0.2, -0.15) is 4.99 Å². The molecule has 0 aliphatic rings. The zero-order valence-electron chi connectivity index (χ0n) is 16.5. The summed E-state index contributed by atoms with van der Waals surface area (Å²) < 4.78 is 10.9. The monoisotopic (exact) mass is 385 g/mol. The number of rotatable bonds is 5. The summed E-state index contributed by atoms with van der Waals surface area (Å²) in [5.74, 6) is 0.0802. The Balaban J connectivity index is 2.09. The number of carbonyl (C=O) groups is 2. The normalized spacial score (nSPS) is 11.2. The van der Waals surface area contributed by atoms with Crippen LogP contribution in [0.3, 0.4) is 0 Å². The molecule has 148 valence electrons. The molecule has 1 aromatic heterocycles. The van der Waals surface area contributed by atoms with Crippen LogP contribution in [0, 0.1) is 0 Å². The van der Waals surface area contributed by atoms with Crippen LogP contribution in [0.15, 0.2) is 41.7 Å². The van der Waals surface area contributed by atoms with Crippen molar-refractivity contribution in [1.29, 1.82) is 0 Å². The number of benzene rings is 1. The van der Waals surface area contributed by atoms with Crippen LogP contribution >= 0.6 is 0 Å². The first-order valence-corrected chi connectivity index (χ1v) is 8.47. The number of nitrogens with zero attached hydrogens (tertiary/aromatic N) is 4. The zero-order chi connectivity index (χ0) is 20.7. The molecule has 2 aromatic rings. The molecule has 0 fully saturated rings. The lowest BCUT2D eigenvalue weighted by Crippen LogP contribution is -2.27. The average Bonchev–Trinajstić information content (AvgIpc) is 2.58. The lowest BCUT2D eigenvalue weighted by atomic mass is 10.2. The number of hydrogen-bond acceptors (Lipinski definition) is 6. The summed E-state index contributed by atoms with van der Waals surface area (Å²) >= 11 is 0. The van der Waals surface area contributed by atoms with E-state index in [2.05, 4.69) is 20.3 Å². The van der Waals surface area contributed by atoms with E-state index in [0.717, 1.165) is 0 Å². The first kappa shape index (κ1) is 20.8. The summed E-state index contributed by atoms with van der Waals surface area (Å²) in [5.41, 5.74) is -0.00391.